The summed E-state index contributed by atoms with van der Waals surface area (Å²) in [5, 5.41) is 20.5. The highest BCUT2D eigenvalue weighted by atomic mass is 16.6. The van der Waals surface area contributed by atoms with E-state index in [1.807, 2.05) is 0 Å². The Labute approximate surface area is 134 Å². The second-order valence-electron chi connectivity index (χ2n) is 6.27. The van der Waals surface area contributed by atoms with Gasteiger partial charge in [0.1, 0.15) is 5.60 Å². The van der Waals surface area contributed by atoms with Gasteiger partial charge in [0.25, 0.3) is 0 Å². The Bertz CT molecular complexity index is 456. The number of alkyl carbamates (subject to hydrolysis) is 1. The van der Waals surface area contributed by atoms with Crippen LogP contribution in [0.5, 0.6) is 0 Å². The van der Waals surface area contributed by atoms with Crippen molar-refractivity contribution in [2.45, 2.75) is 52.2 Å². The quantitative estimate of drug-likeness (QED) is 0.473. The number of carboxylic acids is 2. The van der Waals surface area contributed by atoms with Crippen LogP contribution in [0.4, 0.5) is 4.79 Å². The first-order valence-electron chi connectivity index (χ1n) is 7.08. The molecule has 0 spiro atoms. The van der Waals surface area contributed by atoms with Crippen LogP contribution in [0, 0.1) is 11.8 Å². The van der Waals surface area contributed by atoms with Crippen LogP contribution < -0.4 is 11.1 Å². The zero-order valence-corrected chi connectivity index (χ0v) is 13.7. The lowest BCUT2D eigenvalue weighted by Crippen LogP contribution is -2.47. The lowest BCUT2D eigenvalue weighted by molar-refractivity contribution is -0.157. The van der Waals surface area contributed by atoms with Gasteiger partial charge in [-0.15, -0.1) is 0 Å². The van der Waals surface area contributed by atoms with Gasteiger partial charge in [0.2, 0.25) is 5.91 Å². The number of carbonyl (C=O) groups is 4. The molecule has 9 heteroatoms. The van der Waals surface area contributed by atoms with Gasteiger partial charge in [-0.3, -0.25) is 14.4 Å². The first-order chi connectivity index (χ1) is 10.3. The average Bonchev–Trinajstić information content (AvgIpc) is 2.30. The van der Waals surface area contributed by atoms with Crippen molar-refractivity contribution >= 4 is 23.9 Å². The highest BCUT2D eigenvalue weighted by Gasteiger charge is 2.37. The summed E-state index contributed by atoms with van der Waals surface area (Å²) < 4.78 is 5.06. The lowest BCUT2D eigenvalue weighted by atomic mass is 9.85. The van der Waals surface area contributed by atoms with Crippen molar-refractivity contribution in [1.82, 2.24) is 5.32 Å². The Balaban J connectivity index is 5.18. The molecule has 0 aliphatic carbocycles. The Morgan fingerprint density at radius 1 is 1.13 bits per heavy atom. The molecule has 0 aromatic heterocycles. The SMILES string of the molecule is CC(C(CCC(N)=O)NC(=O)OC(C)(C)C)C(C(=O)O)C(=O)O. The molecule has 23 heavy (non-hydrogen) atoms. The Kier molecular flexibility index (Phi) is 7.51. The maximum absolute atomic E-state index is 11.8. The molecule has 0 saturated carbocycles. The highest BCUT2D eigenvalue weighted by molar-refractivity contribution is 5.93. The summed E-state index contributed by atoms with van der Waals surface area (Å²) in [5.41, 5.74) is 4.28. The van der Waals surface area contributed by atoms with Crippen molar-refractivity contribution in [3.05, 3.63) is 0 Å². The van der Waals surface area contributed by atoms with Crippen LogP contribution in [0.25, 0.3) is 0 Å². The Hall–Kier alpha value is -2.32. The summed E-state index contributed by atoms with van der Waals surface area (Å²) in [6, 6.07) is -0.894. The van der Waals surface area contributed by atoms with Crippen LogP contribution in [-0.2, 0) is 19.1 Å². The van der Waals surface area contributed by atoms with Crippen molar-refractivity contribution in [2.24, 2.45) is 17.6 Å². The predicted molar refractivity (Wildman–Crippen MR) is 79.5 cm³/mol. The summed E-state index contributed by atoms with van der Waals surface area (Å²) in [4.78, 5) is 45.0. The number of ether oxygens (including phenoxy) is 1. The number of nitrogens with one attached hydrogen (secondary N) is 1. The number of nitrogens with two attached hydrogens (primary N) is 1. The maximum atomic E-state index is 11.8. The van der Waals surface area contributed by atoms with E-state index in [2.05, 4.69) is 5.32 Å². The molecule has 0 rings (SSSR count). The van der Waals surface area contributed by atoms with Crippen molar-refractivity contribution in [1.29, 1.82) is 0 Å². The van der Waals surface area contributed by atoms with Crippen LogP contribution in [0.1, 0.15) is 40.5 Å². The van der Waals surface area contributed by atoms with Gasteiger partial charge < -0.3 is 26.0 Å². The fourth-order valence-electron chi connectivity index (χ4n) is 2.01. The summed E-state index contributed by atoms with van der Waals surface area (Å²) in [6.45, 7) is 6.30. The number of hydrogen-bond donors (Lipinski definition) is 4. The second-order valence-corrected chi connectivity index (χ2v) is 6.27. The van der Waals surface area contributed by atoms with Crippen molar-refractivity contribution < 1.29 is 34.1 Å². The summed E-state index contributed by atoms with van der Waals surface area (Å²) >= 11 is 0. The van der Waals surface area contributed by atoms with Crippen LogP contribution in [0.3, 0.4) is 0 Å². The largest absolute Gasteiger partial charge is 0.481 e. The molecule has 0 aliphatic heterocycles. The average molecular weight is 332 g/mol. The van der Waals surface area contributed by atoms with E-state index in [0.29, 0.717) is 0 Å². The van der Waals surface area contributed by atoms with Gasteiger partial charge >= 0.3 is 18.0 Å². The van der Waals surface area contributed by atoms with Crippen molar-refractivity contribution in [2.75, 3.05) is 0 Å². The van der Waals surface area contributed by atoms with E-state index in [1.54, 1.807) is 20.8 Å². The number of carbonyl (C=O) groups excluding carboxylic acids is 2. The number of rotatable bonds is 8. The topological polar surface area (TPSA) is 156 Å². The van der Waals surface area contributed by atoms with Gasteiger partial charge in [0, 0.05) is 18.4 Å². The van der Waals surface area contributed by atoms with Gasteiger partial charge in [0.15, 0.2) is 5.92 Å². The molecule has 2 atom stereocenters. The number of primary amides is 1. The second kappa shape index (κ2) is 8.35. The molecule has 0 aromatic rings. The highest BCUT2D eigenvalue weighted by Crippen LogP contribution is 2.21. The standard InChI is InChI=1S/C14H24N2O7/c1-7(10(11(18)19)12(20)21)8(5-6-9(15)17)16-13(22)23-14(2,3)4/h7-8,10H,5-6H2,1-4H3,(H2,15,17)(H,16,22)(H,18,19)(H,20,21). The normalized spacial score (nSPS) is 14.0. The molecule has 0 aliphatic rings. The summed E-state index contributed by atoms with van der Waals surface area (Å²) in [6.07, 6.45) is -0.947. The van der Waals surface area contributed by atoms with Crippen molar-refractivity contribution in [3.63, 3.8) is 0 Å². The first-order valence-corrected chi connectivity index (χ1v) is 7.08. The van der Waals surface area contributed by atoms with Crippen LogP contribution in [0.15, 0.2) is 0 Å². The van der Waals surface area contributed by atoms with Gasteiger partial charge in [-0.05, 0) is 27.2 Å². The van der Waals surface area contributed by atoms with Crippen molar-refractivity contribution in [3.8, 4) is 0 Å². The monoisotopic (exact) mass is 332 g/mol. The van der Waals surface area contributed by atoms with Crippen LogP contribution >= 0.6 is 0 Å². The molecule has 132 valence electrons. The Morgan fingerprint density at radius 3 is 1.96 bits per heavy atom. The molecule has 5 N–H and O–H groups in total. The van der Waals surface area contributed by atoms with E-state index in [1.165, 1.54) is 6.92 Å². The minimum Gasteiger partial charge on any atom is -0.481 e. The molecule has 0 saturated heterocycles. The van der Waals surface area contributed by atoms with Gasteiger partial charge in [-0.2, -0.15) is 0 Å². The molecular formula is C14H24N2O7. The summed E-state index contributed by atoms with van der Waals surface area (Å²) in [5.74, 6) is -6.41. The van der Waals surface area contributed by atoms with Crippen LogP contribution in [0.2, 0.25) is 0 Å². The zero-order chi connectivity index (χ0) is 18.4. The smallest absolute Gasteiger partial charge is 0.407 e. The molecule has 0 aromatic carbocycles. The molecular weight excluding hydrogens is 308 g/mol. The van der Waals surface area contributed by atoms with E-state index in [9.17, 15) is 19.2 Å². The third-order valence-electron chi connectivity index (χ3n) is 3.10. The van der Waals surface area contributed by atoms with E-state index >= 15 is 0 Å². The van der Waals surface area contributed by atoms with Crippen LogP contribution in [-0.4, -0.2) is 45.8 Å². The zero-order valence-electron chi connectivity index (χ0n) is 13.7. The minimum atomic E-state index is -1.73. The molecule has 0 heterocycles. The minimum absolute atomic E-state index is 0.00675. The fourth-order valence-corrected chi connectivity index (χ4v) is 2.01. The fraction of sp³-hybridized carbons (Fsp3) is 0.714. The van der Waals surface area contributed by atoms with E-state index in [4.69, 9.17) is 20.7 Å². The number of carboxylic acid groups (broad SMARTS) is 2. The molecule has 0 radical (unpaired) electrons. The van der Waals surface area contributed by atoms with E-state index in [0.717, 1.165) is 0 Å². The lowest BCUT2D eigenvalue weighted by Gasteiger charge is -2.29. The third-order valence-corrected chi connectivity index (χ3v) is 3.10. The number of hydrogen-bond acceptors (Lipinski definition) is 5. The predicted octanol–water partition coefficient (Wildman–Crippen LogP) is 0.567. The van der Waals surface area contributed by atoms with Gasteiger partial charge in [-0.25, -0.2) is 4.79 Å². The molecule has 9 nitrogen and oxygen atoms in total. The number of aliphatic carboxylic acids is 2. The van der Waals surface area contributed by atoms with E-state index < -0.39 is 47.4 Å². The van der Waals surface area contributed by atoms with E-state index in [-0.39, 0.29) is 12.8 Å². The third kappa shape index (κ3) is 8.03. The Morgan fingerprint density at radius 2 is 1.61 bits per heavy atom. The first kappa shape index (κ1) is 20.7. The molecule has 0 bridgehead atoms. The number of amides is 2. The molecule has 2 amide bonds. The maximum Gasteiger partial charge on any atom is 0.407 e. The van der Waals surface area contributed by atoms with Gasteiger partial charge in [0.05, 0.1) is 0 Å². The molecule has 0 fully saturated rings. The molecule has 2 unspecified atom stereocenters. The summed E-state index contributed by atoms with van der Waals surface area (Å²) in [7, 11) is 0. The van der Waals surface area contributed by atoms with Gasteiger partial charge in [-0.1, -0.05) is 6.92 Å².